The highest BCUT2D eigenvalue weighted by Crippen LogP contribution is 2.03. The molecule has 2 amide bonds. The molecule has 0 aliphatic carbocycles. The Morgan fingerprint density at radius 1 is 1.47 bits per heavy atom. The number of nitrogens with one attached hydrogen (secondary N) is 1. The molecule has 1 rings (SSSR count). The minimum Gasteiger partial charge on any atom is -0.480 e. The van der Waals surface area contributed by atoms with Crippen molar-refractivity contribution in [2.75, 3.05) is 0 Å². The zero-order valence-electron chi connectivity index (χ0n) is 9.80. The molecule has 7 nitrogen and oxygen atoms in total. The molecule has 0 aliphatic heterocycles. The fraction of sp³-hybridized carbons (Fsp3) is 0.273. The lowest BCUT2D eigenvalue weighted by Gasteiger charge is -2.13. The highest BCUT2D eigenvalue weighted by Gasteiger charge is 2.21. The molecule has 0 bridgehead atoms. The molecule has 1 unspecified atom stereocenters. The molecule has 0 aliphatic rings. The fourth-order valence-corrected chi connectivity index (χ4v) is 1.33. The molecule has 0 aromatic carbocycles. The number of carbonyl (C=O) groups is 3. The summed E-state index contributed by atoms with van der Waals surface area (Å²) in [5, 5.41) is 11.1. The van der Waals surface area contributed by atoms with Crippen LogP contribution in [-0.2, 0) is 9.59 Å². The van der Waals surface area contributed by atoms with E-state index in [0.29, 0.717) is 0 Å². The minimum absolute atomic E-state index is 0.0576. The van der Waals surface area contributed by atoms with Gasteiger partial charge in [-0.1, -0.05) is 0 Å². The number of nitrogens with zero attached hydrogens (tertiary/aromatic N) is 1. The van der Waals surface area contributed by atoms with E-state index in [0.717, 1.165) is 12.3 Å². The van der Waals surface area contributed by atoms with E-state index in [-0.39, 0.29) is 18.4 Å². The molecule has 1 atom stereocenters. The van der Waals surface area contributed by atoms with E-state index in [9.17, 15) is 18.8 Å². The number of carbonyl (C=O) groups excluding carboxylic acids is 2. The monoisotopic (exact) mass is 269 g/mol. The lowest BCUT2D eigenvalue weighted by Crippen LogP contribution is -2.41. The number of hydrogen-bond donors (Lipinski definition) is 3. The van der Waals surface area contributed by atoms with Crippen molar-refractivity contribution in [3.8, 4) is 0 Å². The van der Waals surface area contributed by atoms with Crippen LogP contribution in [0.3, 0.4) is 0 Å². The Bertz CT molecular complexity index is 506. The van der Waals surface area contributed by atoms with Gasteiger partial charge in [0.1, 0.15) is 6.04 Å². The summed E-state index contributed by atoms with van der Waals surface area (Å²) in [6.45, 7) is 0. The average molecular weight is 269 g/mol. The second-order valence-electron chi connectivity index (χ2n) is 3.74. The lowest BCUT2D eigenvalue weighted by molar-refractivity contribution is -0.139. The average Bonchev–Trinajstić information content (AvgIpc) is 2.33. The van der Waals surface area contributed by atoms with Crippen LogP contribution in [-0.4, -0.2) is 33.9 Å². The standard InChI is InChI=1S/C11H12FN3O4/c12-8-5-6(3-4-14-8)10(17)15-7(11(18)19)1-2-9(13)16/h3-5,7H,1-2H2,(H2,13,16)(H,15,17)(H,18,19). The van der Waals surface area contributed by atoms with Crippen LogP contribution in [0.4, 0.5) is 4.39 Å². The third-order valence-electron chi connectivity index (χ3n) is 2.27. The first-order valence-corrected chi connectivity index (χ1v) is 5.33. The largest absolute Gasteiger partial charge is 0.480 e. The maximum atomic E-state index is 12.8. The number of nitrogens with two attached hydrogens (primary N) is 1. The van der Waals surface area contributed by atoms with Gasteiger partial charge in [0, 0.05) is 24.2 Å². The topological polar surface area (TPSA) is 122 Å². The molecule has 8 heteroatoms. The van der Waals surface area contributed by atoms with Crippen molar-refractivity contribution in [2.24, 2.45) is 5.73 Å². The maximum absolute atomic E-state index is 12.8. The minimum atomic E-state index is -1.30. The van der Waals surface area contributed by atoms with Crippen molar-refractivity contribution in [1.82, 2.24) is 10.3 Å². The Morgan fingerprint density at radius 3 is 2.68 bits per heavy atom. The summed E-state index contributed by atoms with van der Waals surface area (Å²) in [6.07, 6.45) is 0.773. The van der Waals surface area contributed by atoms with Gasteiger partial charge in [0.2, 0.25) is 11.9 Å². The van der Waals surface area contributed by atoms with Gasteiger partial charge in [-0.05, 0) is 12.5 Å². The Hall–Kier alpha value is -2.51. The normalized spacial score (nSPS) is 11.6. The van der Waals surface area contributed by atoms with Crippen LogP contribution < -0.4 is 11.1 Å². The van der Waals surface area contributed by atoms with Gasteiger partial charge < -0.3 is 16.2 Å². The van der Waals surface area contributed by atoms with Crippen LogP contribution in [0.25, 0.3) is 0 Å². The number of pyridine rings is 1. The van der Waals surface area contributed by atoms with E-state index in [1.807, 2.05) is 0 Å². The number of hydrogen-bond acceptors (Lipinski definition) is 4. The van der Waals surface area contributed by atoms with E-state index in [2.05, 4.69) is 10.3 Å². The number of amides is 2. The Labute approximate surface area is 107 Å². The van der Waals surface area contributed by atoms with Gasteiger partial charge in [0.25, 0.3) is 5.91 Å². The molecule has 1 heterocycles. The van der Waals surface area contributed by atoms with Gasteiger partial charge in [0.15, 0.2) is 0 Å². The van der Waals surface area contributed by atoms with E-state index in [1.54, 1.807) is 0 Å². The molecule has 0 saturated carbocycles. The Morgan fingerprint density at radius 2 is 2.16 bits per heavy atom. The van der Waals surface area contributed by atoms with Crippen LogP contribution in [0.5, 0.6) is 0 Å². The van der Waals surface area contributed by atoms with Crippen molar-refractivity contribution in [2.45, 2.75) is 18.9 Å². The Kier molecular flexibility index (Phi) is 4.92. The summed E-state index contributed by atoms with van der Waals surface area (Å²) in [7, 11) is 0. The smallest absolute Gasteiger partial charge is 0.326 e. The summed E-state index contributed by atoms with van der Waals surface area (Å²) in [4.78, 5) is 36.4. The van der Waals surface area contributed by atoms with Gasteiger partial charge in [-0.2, -0.15) is 4.39 Å². The molecular weight excluding hydrogens is 257 g/mol. The van der Waals surface area contributed by atoms with Crippen LogP contribution in [0.1, 0.15) is 23.2 Å². The number of rotatable bonds is 6. The maximum Gasteiger partial charge on any atom is 0.326 e. The molecule has 4 N–H and O–H groups in total. The van der Waals surface area contributed by atoms with Crippen molar-refractivity contribution < 1.29 is 23.9 Å². The molecule has 1 aromatic heterocycles. The first-order chi connectivity index (χ1) is 8.90. The van der Waals surface area contributed by atoms with Crippen LogP contribution >= 0.6 is 0 Å². The Balaban J connectivity index is 2.71. The fourth-order valence-electron chi connectivity index (χ4n) is 1.33. The summed E-state index contributed by atoms with van der Waals surface area (Å²) in [5.41, 5.74) is 4.84. The molecular formula is C11H12FN3O4. The van der Waals surface area contributed by atoms with Crippen LogP contribution in [0.2, 0.25) is 0 Å². The number of primary amides is 1. The molecule has 102 valence electrons. The summed E-state index contributed by atoms with van der Waals surface area (Å²) in [6, 6.07) is 0.851. The first kappa shape index (κ1) is 14.6. The summed E-state index contributed by atoms with van der Waals surface area (Å²) < 4.78 is 12.8. The van der Waals surface area contributed by atoms with Gasteiger partial charge in [0.05, 0.1) is 0 Å². The van der Waals surface area contributed by atoms with Gasteiger partial charge in [-0.25, -0.2) is 9.78 Å². The third-order valence-corrected chi connectivity index (χ3v) is 2.27. The first-order valence-electron chi connectivity index (χ1n) is 5.33. The number of aliphatic carboxylic acids is 1. The second kappa shape index (κ2) is 6.43. The highest BCUT2D eigenvalue weighted by atomic mass is 19.1. The predicted octanol–water partition coefficient (Wildman–Crippen LogP) is -0.331. The molecule has 19 heavy (non-hydrogen) atoms. The second-order valence-corrected chi connectivity index (χ2v) is 3.74. The molecule has 0 radical (unpaired) electrons. The zero-order valence-corrected chi connectivity index (χ0v) is 9.80. The molecule has 1 aromatic rings. The predicted molar refractivity (Wildman–Crippen MR) is 61.5 cm³/mol. The quantitative estimate of drug-likeness (QED) is 0.610. The molecule has 0 saturated heterocycles. The molecule has 0 spiro atoms. The number of aromatic nitrogens is 1. The zero-order chi connectivity index (χ0) is 14.4. The number of halogens is 1. The highest BCUT2D eigenvalue weighted by molar-refractivity contribution is 5.96. The van der Waals surface area contributed by atoms with Crippen molar-refractivity contribution in [3.05, 3.63) is 29.8 Å². The summed E-state index contributed by atoms with van der Waals surface area (Å²) in [5.74, 6) is -3.59. The van der Waals surface area contributed by atoms with Gasteiger partial charge in [-0.15, -0.1) is 0 Å². The van der Waals surface area contributed by atoms with E-state index >= 15 is 0 Å². The number of carboxylic acid groups (broad SMARTS) is 1. The van der Waals surface area contributed by atoms with Crippen molar-refractivity contribution in [1.29, 1.82) is 0 Å². The van der Waals surface area contributed by atoms with Crippen molar-refractivity contribution in [3.63, 3.8) is 0 Å². The van der Waals surface area contributed by atoms with Gasteiger partial charge >= 0.3 is 5.97 Å². The number of carboxylic acids is 1. The molecule has 0 fully saturated rings. The third kappa shape index (κ3) is 4.70. The lowest BCUT2D eigenvalue weighted by atomic mass is 10.1. The van der Waals surface area contributed by atoms with Crippen molar-refractivity contribution >= 4 is 17.8 Å². The SMILES string of the molecule is NC(=O)CCC(NC(=O)c1ccnc(F)c1)C(=O)O. The van der Waals surface area contributed by atoms with E-state index < -0.39 is 29.8 Å². The van der Waals surface area contributed by atoms with Crippen LogP contribution in [0.15, 0.2) is 18.3 Å². The van der Waals surface area contributed by atoms with E-state index in [1.165, 1.54) is 6.07 Å². The van der Waals surface area contributed by atoms with Gasteiger partial charge in [-0.3, -0.25) is 9.59 Å². The summed E-state index contributed by atoms with van der Waals surface area (Å²) >= 11 is 0. The van der Waals surface area contributed by atoms with Crippen LogP contribution in [0, 0.1) is 5.95 Å². The van der Waals surface area contributed by atoms with E-state index in [4.69, 9.17) is 10.8 Å².